The molecule has 7 heteroatoms. The van der Waals surface area contributed by atoms with Crippen molar-refractivity contribution in [2.24, 2.45) is 5.73 Å². The molecular weight excluding hydrogens is 492 g/mol. The molecule has 0 aliphatic carbocycles. The first-order valence-corrected chi connectivity index (χ1v) is 12.3. The van der Waals surface area contributed by atoms with Crippen molar-refractivity contribution in [1.29, 1.82) is 5.26 Å². The van der Waals surface area contributed by atoms with Crippen molar-refractivity contribution in [2.75, 3.05) is 14.2 Å². The Balaban J connectivity index is 1.52. The third kappa shape index (κ3) is 5.00. The quantitative estimate of drug-likeness (QED) is 0.249. The van der Waals surface area contributed by atoms with Crippen LogP contribution in [0, 0.1) is 11.3 Å². The van der Waals surface area contributed by atoms with E-state index in [0.717, 1.165) is 11.1 Å². The number of methoxy groups -OCH3 is 2. The summed E-state index contributed by atoms with van der Waals surface area (Å²) in [5.41, 5.74) is 9.45. The lowest BCUT2D eigenvalue weighted by molar-refractivity contribution is -0.135. The molecule has 7 nitrogen and oxygen atoms in total. The summed E-state index contributed by atoms with van der Waals surface area (Å²) < 4.78 is 22.7. The van der Waals surface area contributed by atoms with Crippen molar-refractivity contribution in [3.63, 3.8) is 0 Å². The zero-order valence-electron chi connectivity index (χ0n) is 21.5. The average molecular weight is 519 g/mol. The summed E-state index contributed by atoms with van der Waals surface area (Å²) in [7, 11) is 3.13. The fraction of sp³-hybridized carbons (Fsp3) is 0.125. The van der Waals surface area contributed by atoms with E-state index in [4.69, 9.17) is 24.7 Å². The number of benzene rings is 4. The van der Waals surface area contributed by atoms with Crippen LogP contribution in [0.4, 0.5) is 0 Å². The smallest absolute Gasteiger partial charge is 0.323 e. The van der Waals surface area contributed by atoms with Crippen LogP contribution >= 0.6 is 0 Å². The number of hydrogen-bond acceptors (Lipinski definition) is 7. The molecule has 0 saturated heterocycles. The maximum atomic E-state index is 13.5. The second kappa shape index (κ2) is 11.0. The fourth-order valence-corrected chi connectivity index (χ4v) is 4.81. The molecule has 1 atom stereocenters. The molecule has 1 heterocycles. The van der Waals surface area contributed by atoms with Gasteiger partial charge in [0.1, 0.15) is 40.6 Å². The van der Waals surface area contributed by atoms with Crippen LogP contribution in [-0.2, 0) is 4.79 Å². The van der Waals surface area contributed by atoms with Crippen LogP contribution in [0.3, 0.4) is 0 Å². The lowest BCUT2D eigenvalue weighted by Gasteiger charge is -2.28. The van der Waals surface area contributed by atoms with E-state index < -0.39 is 17.8 Å². The Morgan fingerprint density at radius 2 is 1.49 bits per heavy atom. The molecule has 1 aliphatic rings. The van der Waals surface area contributed by atoms with Gasteiger partial charge >= 0.3 is 5.97 Å². The van der Waals surface area contributed by atoms with Crippen LogP contribution in [0.5, 0.6) is 23.0 Å². The van der Waals surface area contributed by atoms with E-state index in [9.17, 15) is 10.1 Å². The molecule has 0 amide bonds. The summed E-state index contributed by atoms with van der Waals surface area (Å²) in [6.07, 6.45) is 0. The SMILES string of the molecule is COc1ccc(OC)c(C2C(C#N)=C(N)Oc3cc(OC(=O)C(c4ccccc4)c4ccccc4)ccc32)c1. The van der Waals surface area contributed by atoms with Gasteiger partial charge in [-0.1, -0.05) is 66.7 Å². The highest BCUT2D eigenvalue weighted by Crippen LogP contribution is 2.47. The summed E-state index contributed by atoms with van der Waals surface area (Å²) in [6, 6.07) is 31.6. The molecule has 0 radical (unpaired) electrons. The number of nitrogens with two attached hydrogens (primary N) is 1. The van der Waals surface area contributed by atoms with Gasteiger partial charge in [0.2, 0.25) is 5.88 Å². The molecule has 194 valence electrons. The van der Waals surface area contributed by atoms with Gasteiger partial charge < -0.3 is 24.7 Å². The van der Waals surface area contributed by atoms with E-state index in [0.29, 0.717) is 34.1 Å². The Kier molecular flexibility index (Phi) is 7.19. The largest absolute Gasteiger partial charge is 0.497 e. The topological polar surface area (TPSA) is 104 Å². The van der Waals surface area contributed by atoms with Crippen molar-refractivity contribution in [3.05, 3.63) is 131 Å². The van der Waals surface area contributed by atoms with Crippen LogP contribution in [-0.4, -0.2) is 20.2 Å². The zero-order valence-corrected chi connectivity index (χ0v) is 21.5. The molecule has 0 spiro atoms. The summed E-state index contributed by atoms with van der Waals surface area (Å²) in [4.78, 5) is 13.5. The van der Waals surface area contributed by atoms with Crippen molar-refractivity contribution < 1.29 is 23.7 Å². The highest BCUT2D eigenvalue weighted by molar-refractivity contribution is 5.84. The Morgan fingerprint density at radius 1 is 0.846 bits per heavy atom. The number of allylic oxidation sites excluding steroid dienone is 1. The molecule has 1 aliphatic heterocycles. The number of nitrogens with zero attached hydrogens (tertiary/aromatic N) is 1. The minimum atomic E-state index is -0.617. The van der Waals surface area contributed by atoms with E-state index in [1.165, 1.54) is 0 Å². The van der Waals surface area contributed by atoms with Crippen LogP contribution in [0.2, 0.25) is 0 Å². The molecule has 0 aromatic heterocycles. The first kappa shape index (κ1) is 25.4. The maximum Gasteiger partial charge on any atom is 0.323 e. The number of hydrogen-bond donors (Lipinski definition) is 1. The van der Waals surface area contributed by atoms with E-state index in [1.807, 2.05) is 66.7 Å². The zero-order chi connectivity index (χ0) is 27.4. The summed E-state index contributed by atoms with van der Waals surface area (Å²) >= 11 is 0. The third-order valence-corrected chi connectivity index (χ3v) is 6.66. The van der Waals surface area contributed by atoms with E-state index >= 15 is 0 Å². The molecule has 5 rings (SSSR count). The van der Waals surface area contributed by atoms with Crippen molar-refractivity contribution >= 4 is 5.97 Å². The van der Waals surface area contributed by atoms with Gasteiger partial charge in [0.25, 0.3) is 0 Å². The molecule has 4 aromatic rings. The van der Waals surface area contributed by atoms with E-state index in [2.05, 4.69) is 6.07 Å². The Morgan fingerprint density at radius 3 is 2.08 bits per heavy atom. The van der Waals surface area contributed by atoms with Gasteiger partial charge in [-0.15, -0.1) is 0 Å². The van der Waals surface area contributed by atoms with Gasteiger partial charge in [0.15, 0.2) is 0 Å². The Bertz CT molecular complexity index is 1540. The van der Waals surface area contributed by atoms with Crippen LogP contribution in [0.25, 0.3) is 0 Å². The lowest BCUT2D eigenvalue weighted by atomic mass is 9.83. The Labute approximate surface area is 226 Å². The minimum Gasteiger partial charge on any atom is -0.497 e. The van der Waals surface area contributed by atoms with Gasteiger partial charge in [0.05, 0.1) is 20.1 Å². The van der Waals surface area contributed by atoms with Gasteiger partial charge in [0, 0.05) is 17.2 Å². The first-order valence-electron chi connectivity index (χ1n) is 12.3. The second-order valence-corrected chi connectivity index (χ2v) is 8.91. The van der Waals surface area contributed by atoms with Crippen LogP contribution < -0.4 is 24.7 Å². The van der Waals surface area contributed by atoms with Gasteiger partial charge in [-0.05, 0) is 35.4 Å². The van der Waals surface area contributed by atoms with E-state index in [-0.39, 0.29) is 11.5 Å². The van der Waals surface area contributed by atoms with Gasteiger partial charge in [-0.2, -0.15) is 5.26 Å². The molecule has 2 N–H and O–H groups in total. The number of fused-ring (bicyclic) bond motifs is 1. The third-order valence-electron chi connectivity index (χ3n) is 6.66. The van der Waals surface area contributed by atoms with Gasteiger partial charge in [-0.3, -0.25) is 4.79 Å². The van der Waals surface area contributed by atoms with E-state index in [1.54, 1.807) is 44.6 Å². The van der Waals surface area contributed by atoms with Crippen molar-refractivity contribution in [1.82, 2.24) is 0 Å². The second-order valence-electron chi connectivity index (χ2n) is 8.91. The van der Waals surface area contributed by atoms with Crippen LogP contribution in [0.1, 0.15) is 34.1 Å². The summed E-state index contributed by atoms with van der Waals surface area (Å²) in [5.74, 6) is 0.183. The van der Waals surface area contributed by atoms with Crippen molar-refractivity contribution in [3.8, 4) is 29.1 Å². The normalized spacial score (nSPS) is 14.2. The monoisotopic (exact) mass is 518 g/mol. The number of nitriles is 1. The first-order chi connectivity index (χ1) is 19.0. The summed E-state index contributed by atoms with van der Waals surface area (Å²) in [6.45, 7) is 0. The number of esters is 1. The highest BCUT2D eigenvalue weighted by Gasteiger charge is 2.34. The number of carbonyl (C=O) groups excluding carboxylic acids is 1. The minimum absolute atomic E-state index is 0.0326. The molecule has 39 heavy (non-hydrogen) atoms. The predicted molar refractivity (Wildman–Crippen MR) is 146 cm³/mol. The molecule has 0 fully saturated rings. The van der Waals surface area contributed by atoms with Gasteiger partial charge in [-0.25, -0.2) is 0 Å². The number of carbonyl (C=O) groups is 1. The average Bonchev–Trinajstić information content (AvgIpc) is 2.97. The molecule has 4 aromatic carbocycles. The molecular formula is C32H26N2O5. The fourth-order valence-electron chi connectivity index (χ4n) is 4.81. The number of ether oxygens (including phenoxy) is 4. The molecule has 0 bridgehead atoms. The van der Waals surface area contributed by atoms with Crippen molar-refractivity contribution in [2.45, 2.75) is 11.8 Å². The Hall–Kier alpha value is -5.22. The standard InChI is InChI=1S/C32H26N2O5/c1-36-22-14-16-27(37-2)25(17-22)30-24-15-13-23(18-28(24)39-31(34)26(30)19-33)38-32(35)29(20-9-5-3-6-10-20)21-11-7-4-8-12-21/h3-18,29-30H,34H2,1-2H3. The predicted octanol–water partition coefficient (Wildman–Crippen LogP) is 5.66. The molecule has 0 saturated carbocycles. The maximum absolute atomic E-state index is 13.5. The molecule has 1 unspecified atom stereocenters. The summed E-state index contributed by atoms with van der Waals surface area (Å²) in [5, 5.41) is 9.95. The number of rotatable bonds is 7. The lowest BCUT2D eigenvalue weighted by Crippen LogP contribution is -2.22. The van der Waals surface area contributed by atoms with Crippen LogP contribution in [0.15, 0.2) is 109 Å². The highest BCUT2D eigenvalue weighted by atomic mass is 16.5.